The van der Waals surface area contributed by atoms with Crippen molar-refractivity contribution >= 4 is 11.6 Å². The first-order chi connectivity index (χ1) is 13.3. The minimum Gasteiger partial charge on any atom is -0.326 e. The van der Waals surface area contributed by atoms with Crippen molar-refractivity contribution in [2.45, 2.75) is 44.4 Å². The summed E-state index contributed by atoms with van der Waals surface area (Å²) in [5, 5.41) is 3.09. The second-order valence-electron chi connectivity index (χ2n) is 8.09. The molecule has 1 amide bonds. The summed E-state index contributed by atoms with van der Waals surface area (Å²) in [6, 6.07) is 19.3. The van der Waals surface area contributed by atoms with Crippen LogP contribution in [0.2, 0.25) is 0 Å². The van der Waals surface area contributed by atoms with E-state index in [1.54, 1.807) is 0 Å². The fourth-order valence-electron chi connectivity index (χ4n) is 4.10. The van der Waals surface area contributed by atoms with Crippen LogP contribution in [0.5, 0.6) is 0 Å². The molecule has 4 rings (SSSR count). The Kier molecular flexibility index (Phi) is 5.88. The molecule has 0 spiro atoms. The van der Waals surface area contributed by atoms with E-state index in [2.05, 4.69) is 58.7 Å². The third kappa shape index (κ3) is 5.20. The van der Waals surface area contributed by atoms with E-state index >= 15 is 0 Å². The van der Waals surface area contributed by atoms with Gasteiger partial charge in [-0.1, -0.05) is 42.5 Å². The highest BCUT2D eigenvalue weighted by molar-refractivity contribution is 5.94. The van der Waals surface area contributed by atoms with Crippen molar-refractivity contribution in [1.82, 2.24) is 4.90 Å². The van der Waals surface area contributed by atoms with Gasteiger partial charge in [0.1, 0.15) is 0 Å². The van der Waals surface area contributed by atoms with Crippen molar-refractivity contribution in [3.63, 3.8) is 0 Å². The normalized spacial score (nSPS) is 18.4. The standard InChI is InChI=1S/C24H30N2O/c27-24(21-11-12-21)25-23-10-4-9-22(18-23)20-13-16-26(17-14-20)15-5-8-19-6-2-1-3-7-19/h1-4,6-7,9-10,18,20-21H,5,8,11-17H2,(H,25,27). The molecule has 0 unspecified atom stereocenters. The van der Waals surface area contributed by atoms with Crippen molar-refractivity contribution in [3.8, 4) is 0 Å². The lowest BCUT2D eigenvalue weighted by atomic mass is 9.89. The number of hydrogen-bond acceptors (Lipinski definition) is 2. The molecule has 2 fully saturated rings. The van der Waals surface area contributed by atoms with Crippen molar-refractivity contribution in [1.29, 1.82) is 0 Å². The number of anilines is 1. The number of aryl methyl sites for hydroxylation is 1. The zero-order valence-corrected chi connectivity index (χ0v) is 16.1. The first-order valence-electron chi connectivity index (χ1n) is 10.4. The molecule has 3 nitrogen and oxygen atoms in total. The predicted molar refractivity (Wildman–Crippen MR) is 111 cm³/mol. The molecule has 2 aromatic carbocycles. The fourth-order valence-corrected chi connectivity index (χ4v) is 4.10. The highest BCUT2D eigenvalue weighted by Gasteiger charge is 2.29. The SMILES string of the molecule is O=C(Nc1cccc(C2CCN(CCCc3ccccc3)CC2)c1)C1CC1. The van der Waals surface area contributed by atoms with Crippen molar-refractivity contribution in [3.05, 3.63) is 65.7 Å². The molecular formula is C24H30N2O. The number of benzene rings is 2. The number of hydrogen-bond donors (Lipinski definition) is 1. The largest absolute Gasteiger partial charge is 0.326 e. The quantitative estimate of drug-likeness (QED) is 0.764. The Morgan fingerprint density at radius 1 is 0.963 bits per heavy atom. The molecule has 0 bridgehead atoms. The number of amides is 1. The summed E-state index contributed by atoms with van der Waals surface area (Å²) in [6.07, 6.45) is 6.93. The minimum absolute atomic E-state index is 0.195. The summed E-state index contributed by atoms with van der Waals surface area (Å²) < 4.78 is 0. The molecule has 1 heterocycles. The number of nitrogens with one attached hydrogen (secondary N) is 1. The highest BCUT2D eigenvalue weighted by Crippen LogP contribution is 2.32. The number of carbonyl (C=O) groups excluding carboxylic acids is 1. The van der Waals surface area contributed by atoms with E-state index in [-0.39, 0.29) is 11.8 Å². The Hall–Kier alpha value is -2.13. The molecule has 27 heavy (non-hydrogen) atoms. The monoisotopic (exact) mass is 362 g/mol. The zero-order chi connectivity index (χ0) is 18.5. The minimum atomic E-state index is 0.195. The van der Waals surface area contributed by atoms with Crippen LogP contribution in [0, 0.1) is 5.92 Å². The van der Waals surface area contributed by atoms with Gasteiger partial charge >= 0.3 is 0 Å². The number of rotatable bonds is 7. The Labute approximate surface area is 162 Å². The van der Waals surface area contributed by atoms with Gasteiger partial charge in [-0.15, -0.1) is 0 Å². The first-order valence-corrected chi connectivity index (χ1v) is 10.4. The second-order valence-corrected chi connectivity index (χ2v) is 8.09. The van der Waals surface area contributed by atoms with Gasteiger partial charge in [0.25, 0.3) is 0 Å². The lowest BCUT2D eigenvalue weighted by Crippen LogP contribution is -2.33. The molecule has 1 N–H and O–H groups in total. The molecule has 2 aromatic rings. The average molecular weight is 363 g/mol. The summed E-state index contributed by atoms with van der Waals surface area (Å²) in [5.41, 5.74) is 3.79. The van der Waals surface area contributed by atoms with Crippen molar-refractivity contribution in [2.24, 2.45) is 5.92 Å². The summed E-state index contributed by atoms with van der Waals surface area (Å²) in [6.45, 7) is 3.55. The third-order valence-corrected chi connectivity index (χ3v) is 5.94. The summed E-state index contributed by atoms with van der Waals surface area (Å²) in [7, 11) is 0. The van der Waals surface area contributed by atoms with Gasteiger partial charge in [0.2, 0.25) is 5.91 Å². The van der Waals surface area contributed by atoms with Gasteiger partial charge < -0.3 is 10.2 Å². The van der Waals surface area contributed by atoms with Crippen molar-refractivity contribution < 1.29 is 4.79 Å². The molecule has 1 saturated heterocycles. The molecular weight excluding hydrogens is 332 g/mol. The van der Waals surface area contributed by atoms with Crippen LogP contribution in [0.1, 0.15) is 49.1 Å². The van der Waals surface area contributed by atoms with Crippen LogP contribution in [0.25, 0.3) is 0 Å². The Morgan fingerprint density at radius 2 is 1.74 bits per heavy atom. The number of piperidine rings is 1. The van der Waals surface area contributed by atoms with E-state index in [1.807, 2.05) is 6.07 Å². The molecule has 1 aliphatic heterocycles. The molecule has 142 valence electrons. The predicted octanol–water partition coefficient (Wildman–Crippen LogP) is 4.85. The van der Waals surface area contributed by atoms with Gasteiger partial charge in [0, 0.05) is 11.6 Å². The maximum atomic E-state index is 12.0. The topological polar surface area (TPSA) is 32.3 Å². The second kappa shape index (κ2) is 8.71. The number of nitrogens with zero attached hydrogens (tertiary/aromatic N) is 1. The molecule has 2 aliphatic rings. The van der Waals surface area contributed by atoms with Gasteiger partial charge in [-0.25, -0.2) is 0 Å². The number of carbonyl (C=O) groups is 1. The van der Waals surface area contributed by atoms with Crippen LogP contribution >= 0.6 is 0 Å². The van der Waals surface area contributed by atoms with E-state index in [0.717, 1.165) is 18.5 Å². The van der Waals surface area contributed by atoms with Crippen LogP contribution in [0.15, 0.2) is 54.6 Å². The van der Waals surface area contributed by atoms with Gasteiger partial charge in [-0.05, 0) is 87.3 Å². The van der Waals surface area contributed by atoms with E-state index < -0.39 is 0 Å². The maximum Gasteiger partial charge on any atom is 0.227 e. The van der Waals surface area contributed by atoms with Crippen LogP contribution in [0.4, 0.5) is 5.69 Å². The van der Waals surface area contributed by atoms with Crippen LogP contribution in [0.3, 0.4) is 0 Å². The van der Waals surface area contributed by atoms with E-state index in [1.165, 1.54) is 56.4 Å². The Bertz CT molecular complexity index is 746. The summed E-state index contributed by atoms with van der Waals surface area (Å²) in [4.78, 5) is 14.6. The van der Waals surface area contributed by atoms with E-state index in [4.69, 9.17) is 0 Å². The highest BCUT2D eigenvalue weighted by atomic mass is 16.2. The van der Waals surface area contributed by atoms with E-state index in [9.17, 15) is 4.79 Å². The van der Waals surface area contributed by atoms with Crippen molar-refractivity contribution in [2.75, 3.05) is 25.0 Å². The third-order valence-electron chi connectivity index (χ3n) is 5.94. The summed E-state index contributed by atoms with van der Waals surface area (Å²) >= 11 is 0. The van der Waals surface area contributed by atoms with Gasteiger partial charge in [0.05, 0.1) is 0 Å². The zero-order valence-electron chi connectivity index (χ0n) is 16.1. The molecule has 0 aromatic heterocycles. The molecule has 0 radical (unpaired) electrons. The molecule has 3 heteroatoms. The van der Waals surface area contributed by atoms with Gasteiger partial charge in [0.15, 0.2) is 0 Å². The molecule has 0 atom stereocenters. The van der Waals surface area contributed by atoms with E-state index in [0.29, 0.717) is 5.92 Å². The Balaban J connectivity index is 1.23. The van der Waals surface area contributed by atoms with Crippen LogP contribution in [-0.4, -0.2) is 30.4 Å². The van der Waals surface area contributed by atoms with Crippen LogP contribution in [-0.2, 0) is 11.2 Å². The fraction of sp³-hybridized carbons (Fsp3) is 0.458. The first kappa shape index (κ1) is 18.2. The smallest absolute Gasteiger partial charge is 0.227 e. The Morgan fingerprint density at radius 3 is 2.48 bits per heavy atom. The number of likely N-dealkylation sites (tertiary alicyclic amines) is 1. The average Bonchev–Trinajstić information content (AvgIpc) is 3.55. The lowest BCUT2D eigenvalue weighted by Gasteiger charge is -2.32. The van der Waals surface area contributed by atoms with Gasteiger partial charge in [-0.2, -0.15) is 0 Å². The molecule has 1 saturated carbocycles. The molecule has 1 aliphatic carbocycles. The maximum absolute atomic E-state index is 12.0. The lowest BCUT2D eigenvalue weighted by molar-refractivity contribution is -0.117. The van der Waals surface area contributed by atoms with Crippen LogP contribution < -0.4 is 5.32 Å². The summed E-state index contributed by atoms with van der Waals surface area (Å²) in [5.74, 6) is 1.07. The van der Waals surface area contributed by atoms with Gasteiger partial charge in [-0.3, -0.25) is 4.79 Å².